The third-order valence-corrected chi connectivity index (χ3v) is 5.24. The second kappa shape index (κ2) is 8.61. The van der Waals surface area contributed by atoms with Gasteiger partial charge in [0.25, 0.3) is 0 Å². The molecule has 1 aromatic heterocycles. The summed E-state index contributed by atoms with van der Waals surface area (Å²) in [5.41, 5.74) is 2.60. The largest absolute Gasteiger partial charge is 0.461 e. The van der Waals surface area contributed by atoms with Gasteiger partial charge >= 0.3 is 5.97 Å². The molecule has 0 aliphatic rings. The van der Waals surface area contributed by atoms with Crippen LogP contribution in [0.4, 0.5) is 0 Å². The minimum Gasteiger partial charge on any atom is -0.461 e. The number of nitrogens with one attached hydrogen (secondary N) is 1. The molecule has 0 spiro atoms. The number of hydrogen-bond acceptors (Lipinski definition) is 4. The third-order valence-electron chi connectivity index (χ3n) is 3.57. The maximum atomic E-state index is 11.9. The van der Waals surface area contributed by atoms with E-state index in [2.05, 4.69) is 9.97 Å². The Hall–Kier alpha value is -1.69. The van der Waals surface area contributed by atoms with Crippen LogP contribution in [0.15, 0.2) is 47.6 Å². The van der Waals surface area contributed by atoms with Crippen molar-refractivity contribution in [3.63, 3.8) is 0 Å². The predicted octanol–water partition coefficient (Wildman–Crippen LogP) is 5.49. The van der Waals surface area contributed by atoms with E-state index >= 15 is 0 Å². The zero-order valence-corrected chi connectivity index (χ0v) is 15.6. The summed E-state index contributed by atoms with van der Waals surface area (Å²) in [5, 5.41) is 1.86. The Morgan fingerprint density at radius 2 is 1.88 bits per heavy atom. The van der Waals surface area contributed by atoms with Gasteiger partial charge in [0.1, 0.15) is 6.61 Å². The number of ether oxygens (including phenoxy) is 1. The molecule has 0 aliphatic carbocycles. The Labute approximate surface area is 159 Å². The number of H-pyrrole nitrogens is 1. The lowest BCUT2D eigenvalue weighted by molar-refractivity contribution is -0.144. The standard InChI is InChI=1S/C18H16Cl2N2O2S/c19-13-5-3-6-14(20)12(13)11-24-17(23)9-4-10-25-18-21-15-7-1-2-8-16(15)22-18/h1-3,5-8H,4,9-11H2,(H,21,22). The van der Waals surface area contributed by atoms with E-state index < -0.39 is 0 Å². The number of nitrogens with zero attached hydrogens (tertiary/aromatic N) is 1. The summed E-state index contributed by atoms with van der Waals surface area (Å²) in [6.07, 6.45) is 1.05. The highest BCUT2D eigenvalue weighted by atomic mass is 35.5. The first-order valence-electron chi connectivity index (χ1n) is 7.79. The summed E-state index contributed by atoms with van der Waals surface area (Å²) >= 11 is 13.7. The molecule has 0 bridgehead atoms. The van der Waals surface area contributed by atoms with Crippen molar-refractivity contribution in [2.75, 3.05) is 5.75 Å². The van der Waals surface area contributed by atoms with Gasteiger partial charge in [-0.25, -0.2) is 4.98 Å². The number of thioether (sulfide) groups is 1. The zero-order valence-electron chi connectivity index (χ0n) is 13.3. The zero-order chi connectivity index (χ0) is 17.6. The number of aromatic amines is 1. The fraction of sp³-hybridized carbons (Fsp3) is 0.222. The van der Waals surface area contributed by atoms with Crippen molar-refractivity contribution in [2.24, 2.45) is 0 Å². The second-order valence-corrected chi connectivity index (χ2v) is 7.27. The molecule has 3 rings (SSSR count). The molecule has 0 amide bonds. The average Bonchev–Trinajstić information content (AvgIpc) is 3.01. The maximum Gasteiger partial charge on any atom is 0.306 e. The van der Waals surface area contributed by atoms with Gasteiger partial charge in [0.05, 0.1) is 11.0 Å². The molecule has 4 nitrogen and oxygen atoms in total. The van der Waals surface area contributed by atoms with Crippen LogP contribution in [0.25, 0.3) is 11.0 Å². The number of hydrogen-bond donors (Lipinski definition) is 1. The highest BCUT2D eigenvalue weighted by molar-refractivity contribution is 7.99. The number of esters is 1. The van der Waals surface area contributed by atoms with Gasteiger partial charge in [-0.15, -0.1) is 0 Å². The van der Waals surface area contributed by atoms with E-state index in [1.165, 1.54) is 0 Å². The first kappa shape index (κ1) is 18.1. The predicted molar refractivity (Wildman–Crippen MR) is 102 cm³/mol. The van der Waals surface area contributed by atoms with E-state index in [1.807, 2.05) is 24.3 Å². The van der Waals surface area contributed by atoms with E-state index in [1.54, 1.807) is 30.0 Å². The van der Waals surface area contributed by atoms with Crippen LogP contribution in [0.2, 0.25) is 10.0 Å². The first-order chi connectivity index (χ1) is 12.1. The topological polar surface area (TPSA) is 55.0 Å². The highest BCUT2D eigenvalue weighted by Crippen LogP contribution is 2.25. The Balaban J connectivity index is 1.40. The SMILES string of the molecule is O=C(CCCSc1nc2ccccc2[nH]1)OCc1c(Cl)cccc1Cl. The van der Waals surface area contributed by atoms with Crippen LogP contribution in [0.3, 0.4) is 0 Å². The van der Waals surface area contributed by atoms with Gasteiger partial charge in [-0.1, -0.05) is 53.2 Å². The lowest BCUT2D eigenvalue weighted by Crippen LogP contribution is -2.05. The molecular formula is C18H16Cl2N2O2S. The molecule has 0 atom stereocenters. The lowest BCUT2D eigenvalue weighted by Gasteiger charge is -2.08. The van der Waals surface area contributed by atoms with Crippen LogP contribution in [-0.4, -0.2) is 21.7 Å². The van der Waals surface area contributed by atoms with Gasteiger partial charge in [0.15, 0.2) is 5.16 Å². The van der Waals surface area contributed by atoms with E-state index in [0.29, 0.717) is 28.5 Å². The molecular weight excluding hydrogens is 379 g/mol. The molecule has 7 heteroatoms. The summed E-state index contributed by atoms with van der Waals surface area (Å²) in [6, 6.07) is 13.1. The average molecular weight is 395 g/mol. The Bertz CT molecular complexity index is 829. The molecule has 0 radical (unpaired) electrons. The Kier molecular flexibility index (Phi) is 6.24. The maximum absolute atomic E-state index is 11.9. The van der Waals surface area contributed by atoms with E-state index in [0.717, 1.165) is 21.9 Å². The molecule has 0 aliphatic heterocycles. The molecule has 0 saturated heterocycles. The molecule has 0 fully saturated rings. The lowest BCUT2D eigenvalue weighted by atomic mass is 10.2. The number of imidazole rings is 1. The summed E-state index contributed by atoms with van der Waals surface area (Å²) in [7, 11) is 0. The van der Waals surface area contributed by atoms with E-state index in [-0.39, 0.29) is 12.6 Å². The van der Waals surface area contributed by atoms with Crippen LogP contribution in [0.1, 0.15) is 18.4 Å². The Morgan fingerprint density at radius 1 is 1.12 bits per heavy atom. The summed E-state index contributed by atoms with van der Waals surface area (Å²) < 4.78 is 5.25. The quantitative estimate of drug-likeness (QED) is 0.327. The van der Waals surface area contributed by atoms with Gasteiger partial charge in [-0.2, -0.15) is 0 Å². The van der Waals surface area contributed by atoms with Crippen LogP contribution < -0.4 is 0 Å². The number of fused-ring (bicyclic) bond motifs is 1. The fourth-order valence-corrected chi connectivity index (χ4v) is 3.61. The van der Waals surface area contributed by atoms with Gasteiger partial charge in [0, 0.05) is 27.8 Å². The van der Waals surface area contributed by atoms with Crippen LogP contribution in [0, 0.1) is 0 Å². The smallest absolute Gasteiger partial charge is 0.306 e. The van der Waals surface area contributed by atoms with Crippen molar-refractivity contribution in [1.29, 1.82) is 0 Å². The summed E-state index contributed by atoms with van der Waals surface area (Å²) in [4.78, 5) is 19.6. The minimum absolute atomic E-state index is 0.0913. The number of rotatable bonds is 7. The molecule has 2 aromatic carbocycles. The van der Waals surface area contributed by atoms with E-state index in [4.69, 9.17) is 27.9 Å². The number of halogens is 2. The number of para-hydroxylation sites is 2. The van der Waals surface area contributed by atoms with Crippen LogP contribution in [-0.2, 0) is 16.1 Å². The molecule has 0 unspecified atom stereocenters. The number of benzene rings is 2. The van der Waals surface area contributed by atoms with Crippen LogP contribution in [0.5, 0.6) is 0 Å². The second-order valence-electron chi connectivity index (χ2n) is 5.37. The highest BCUT2D eigenvalue weighted by Gasteiger charge is 2.09. The molecule has 0 saturated carbocycles. The van der Waals surface area contributed by atoms with E-state index in [9.17, 15) is 4.79 Å². The van der Waals surface area contributed by atoms with Crippen molar-refractivity contribution in [3.8, 4) is 0 Å². The summed E-state index contributed by atoms with van der Waals surface area (Å²) in [6.45, 7) is 0.0913. The number of aromatic nitrogens is 2. The monoisotopic (exact) mass is 394 g/mol. The molecule has 3 aromatic rings. The third kappa shape index (κ3) is 4.91. The normalized spacial score (nSPS) is 11.0. The molecule has 1 heterocycles. The molecule has 130 valence electrons. The van der Waals surface area contributed by atoms with Crippen molar-refractivity contribution in [3.05, 3.63) is 58.1 Å². The van der Waals surface area contributed by atoms with Gasteiger partial charge in [-0.05, 0) is 30.7 Å². The minimum atomic E-state index is -0.263. The Morgan fingerprint density at radius 3 is 2.64 bits per heavy atom. The van der Waals surface area contributed by atoms with Crippen molar-refractivity contribution < 1.29 is 9.53 Å². The number of carbonyl (C=O) groups is 1. The van der Waals surface area contributed by atoms with Crippen molar-refractivity contribution >= 4 is 52.0 Å². The summed E-state index contributed by atoms with van der Waals surface area (Å²) in [5.74, 6) is 0.517. The fourth-order valence-electron chi connectivity index (χ4n) is 2.28. The van der Waals surface area contributed by atoms with Gasteiger partial charge in [0.2, 0.25) is 0 Å². The van der Waals surface area contributed by atoms with Crippen LogP contribution >= 0.6 is 35.0 Å². The molecule has 1 N–H and O–H groups in total. The molecule has 25 heavy (non-hydrogen) atoms. The van der Waals surface area contributed by atoms with Crippen molar-refractivity contribution in [2.45, 2.75) is 24.6 Å². The van der Waals surface area contributed by atoms with Gasteiger partial charge < -0.3 is 9.72 Å². The van der Waals surface area contributed by atoms with Gasteiger partial charge in [-0.3, -0.25) is 4.79 Å². The number of carbonyl (C=O) groups excluding carboxylic acids is 1. The first-order valence-corrected chi connectivity index (χ1v) is 9.53. The van der Waals surface area contributed by atoms with Crippen molar-refractivity contribution in [1.82, 2.24) is 9.97 Å².